The van der Waals surface area contributed by atoms with Crippen molar-refractivity contribution in [3.8, 4) is 5.75 Å². The first kappa shape index (κ1) is 11.9. The fourth-order valence-corrected chi connectivity index (χ4v) is 1.93. The smallest absolute Gasteiger partial charge is 0.145 e. The molecule has 4 heteroatoms. The van der Waals surface area contributed by atoms with Gasteiger partial charge in [0, 0.05) is 16.1 Å². The molecule has 1 aromatic rings. The van der Waals surface area contributed by atoms with Crippen LogP contribution in [0.5, 0.6) is 5.75 Å². The number of benzene rings is 1. The minimum Gasteiger partial charge on any atom is -0.485 e. The highest BCUT2D eigenvalue weighted by Gasteiger charge is 2.22. The quantitative estimate of drug-likeness (QED) is 0.922. The van der Waals surface area contributed by atoms with Gasteiger partial charge >= 0.3 is 0 Å². The topological polar surface area (TPSA) is 30.5 Å². The van der Waals surface area contributed by atoms with E-state index in [0.717, 1.165) is 10.2 Å². The largest absolute Gasteiger partial charge is 0.485 e. The molecule has 1 heterocycles. The van der Waals surface area contributed by atoms with Gasteiger partial charge in [-0.2, -0.15) is 0 Å². The van der Waals surface area contributed by atoms with Crippen LogP contribution in [0.4, 0.5) is 0 Å². The molecule has 1 aromatic carbocycles. The third-order valence-corrected chi connectivity index (χ3v) is 3.27. The van der Waals surface area contributed by atoms with Gasteiger partial charge in [-0.25, -0.2) is 0 Å². The van der Waals surface area contributed by atoms with Crippen molar-refractivity contribution in [2.24, 2.45) is 0 Å². The lowest BCUT2D eigenvalue weighted by molar-refractivity contribution is -0.0801. The normalized spacial score (nSPS) is 17.9. The summed E-state index contributed by atoms with van der Waals surface area (Å²) in [6, 6.07) is 6.42. The molecule has 0 spiro atoms. The highest BCUT2D eigenvalue weighted by molar-refractivity contribution is 9.10. The van der Waals surface area contributed by atoms with E-state index < -0.39 is 0 Å². The molecule has 1 fully saturated rings. The Balaban J connectivity index is 2.20. The molecule has 88 valence electrons. The van der Waals surface area contributed by atoms with Crippen LogP contribution in [0, 0.1) is 0 Å². The first-order chi connectivity index (χ1) is 7.70. The standard InChI is InChI=1S/C12H16BrNO2/c1-8(14-2)11-4-3-9(13)5-12(11)16-10-6-15-7-10/h3-5,8,10,14H,6-7H2,1-2H3. The predicted octanol–water partition coefficient (Wildman–Crippen LogP) is 2.51. The molecule has 2 rings (SSSR count). The molecule has 0 saturated carbocycles. The summed E-state index contributed by atoms with van der Waals surface area (Å²) in [4.78, 5) is 0. The van der Waals surface area contributed by atoms with Crippen LogP contribution in [-0.2, 0) is 4.74 Å². The zero-order valence-corrected chi connectivity index (χ0v) is 11.1. The zero-order valence-electron chi connectivity index (χ0n) is 9.50. The lowest BCUT2D eigenvalue weighted by atomic mass is 10.1. The highest BCUT2D eigenvalue weighted by Crippen LogP contribution is 2.30. The van der Waals surface area contributed by atoms with Gasteiger partial charge in [0.1, 0.15) is 11.9 Å². The Morgan fingerprint density at radius 3 is 2.81 bits per heavy atom. The second-order valence-corrected chi connectivity index (χ2v) is 4.89. The van der Waals surface area contributed by atoms with Gasteiger partial charge in [-0.3, -0.25) is 0 Å². The summed E-state index contributed by atoms with van der Waals surface area (Å²) < 4.78 is 12.0. The minimum absolute atomic E-state index is 0.206. The number of rotatable bonds is 4. The molecular formula is C12H16BrNO2. The van der Waals surface area contributed by atoms with Crippen molar-refractivity contribution in [2.45, 2.75) is 19.1 Å². The van der Waals surface area contributed by atoms with Crippen LogP contribution in [0.2, 0.25) is 0 Å². The monoisotopic (exact) mass is 285 g/mol. The maximum Gasteiger partial charge on any atom is 0.145 e. The average Bonchev–Trinajstić information content (AvgIpc) is 2.22. The van der Waals surface area contributed by atoms with Crippen LogP contribution in [0.3, 0.4) is 0 Å². The van der Waals surface area contributed by atoms with Gasteiger partial charge in [-0.1, -0.05) is 22.0 Å². The van der Waals surface area contributed by atoms with Crippen molar-refractivity contribution in [1.29, 1.82) is 0 Å². The van der Waals surface area contributed by atoms with Gasteiger partial charge < -0.3 is 14.8 Å². The summed E-state index contributed by atoms with van der Waals surface area (Å²) in [5.74, 6) is 0.935. The van der Waals surface area contributed by atoms with E-state index in [0.29, 0.717) is 13.2 Å². The molecule has 1 atom stereocenters. The molecule has 1 saturated heterocycles. The number of ether oxygens (including phenoxy) is 2. The predicted molar refractivity (Wildman–Crippen MR) is 66.9 cm³/mol. The van der Waals surface area contributed by atoms with E-state index in [-0.39, 0.29) is 12.1 Å². The minimum atomic E-state index is 0.206. The third kappa shape index (κ3) is 2.56. The van der Waals surface area contributed by atoms with Crippen LogP contribution >= 0.6 is 15.9 Å². The fraction of sp³-hybridized carbons (Fsp3) is 0.500. The van der Waals surface area contributed by atoms with Crippen molar-refractivity contribution in [3.05, 3.63) is 28.2 Å². The summed E-state index contributed by atoms with van der Waals surface area (Å²) in [5.41, 5.74) is 1.18. The first-order valence-electron chi connectivity index (χ1n) is 5.42. The average molecular weight is 286 g/mol. The Morgan fingerprint density at radius 2 is 2.25 bits per heavy atom. The van der Waals surface area contributed by atoms with E-state index in [1.165, 1.54) is 5.56 Å². The summed E-state index contributed by atoms with van der Waals surface area (Å²) in [6.45, 7) is 3.51. The molecule has 0 amide bonds. The molecule has 0 aromatic heterocycles. The molecule has 0 radical (unpaired) electrons. The summed E-state index contributed by atoms with van der Waals surface area (Å²) in [5, 5.41) is 3.22. The SMILES string of the molecule is CNC(C)c1ccc(Br)cc1OC1COC1. The molecule has 3 nitrogen and oxygen atoms in total. The second-order valence-electron chi connectivity index (χ2n) is 3.97. The first-order valence-corrected chi connectivity index (χ1v) is 6.21. The molecule has 1 aliphatic rings. The maximum absolute atomic E-state index is 5.89. The van der Waals surface area contributed by atoms with Crippen molar-refractivity contribution in [3.63, 3.8) is 0 Å². The molecule has 1 unspecified atom stereocenters. The van der Waals surface area contributed by atoms with Crippen molar-refractivity contribution < 1.29 is 9.47 Å². The Morgan fingerprint density at radius 1 is 1.50 bits per heavy atom. The highest BCUT2D eigenvalue weighted by atomic mass is 79.9. The van der Waals surface area contributed by atoms with Gasteiger partial charge in [-0.05, 0) is 26.1 Å². The van der Waals surface area contributed by atoms with Gasteiger partial charge in [0.25, 0.3) is 0 Å². The van der Waals surface area contributed by atoms with Crippen LogP contribution in [0.15, 0.2) is 22.7 Å². The molecule has 0 aliphatic carbocycles. The van der Waals surface area contributed by atoms with Gasteiger partial charge in [0.15, 0.2) is 0 Å². The Hall–Kier alpha value is -0.580. The zero-order chi connectivity index (χ0) is 11.5. The number of nitrogens with one attached hydrogen (secondary N) is 1. The molecule has 1 N–H and O–H groups in total. The van der Waals surface area contributed by atoms with Crippen LogP contribution in [-0.4, -0.2) is 26.4 Å². The van der Waals surface area contributed by atoms with Crippen molar-refractivity contribution >= 4 is 15.9 Å². The molecule has 1 aliphatic heterocycles. The van der Waals surface area contributed by atoms with Crippen LogP contribution < -0.4 is 10.1 Å². The Kier molecular flexibility index (Phi) is 3.84. The molecule has 0 bridgehead atoms. The Labute approximate surface area is 104 Å². The summed E-state index contributed by atoms with van der Waals surface area (Å²) >= 11 is 3.47. The van der Waals surface area contributed by atoms with Crippen molar-refractivity contribution in [1.82, 2.24) is 5.32 Å². The van der Waals surface area contributed by atoms with E-state index in [2.05, 4.69) is 34.2 Å². The van der Waals surface area contributed by atoms with Crippen LogP contribution in [0.25, 0.3) is 0 Å². The number of hydrogen-bond donors (Lipinski definition) is 1. The third-order valence-electron chi connectivity index (χ3n) is 2.78. The van der Waals surface area contributed by atoms with E-state index >= 15 is 0 Å². The van der Waals surface area contributed by atoms with E-state index in [1.807, 2.05) is 19.2 Å². The molecular weight excluding hydrogens is 270 g/mol. The van der Waals surface area contributed by atoms with E-state index in [9.17, 15) is 0 Å². The van der Waals surface area contributed by atoms with E-state index in [4.69, 9.17) is 9.47 Å². The number of halogens is 1. The molecule has 16 heavy (non-hydrogen) atoms. The number of hydrogen-bond acceptors (Lipinski definition) is 3. The summed E-state index contributed by atoms with van der Waals surface area (Å²) in [6.07, 6.45) is 0.206. The summed E-state index contributed by atoms with van der Waals surface area (Å²) in [7, 11) is 1.95. The van der Waals surface area contributed by atoms with Crippen molar-refractivity contribution in [2.75, 3.05) is 20.3 Å². The van der Waals surface area contributed by atoms with Gasteiger partial charge in [0.2, 0.25) is 0 Å². The van der Waals surface area contributed by atoms with E-state index in [1.54, 1.807) is 0 Å². The second kappa shape index (κ2) is 5.17. The lowest BCUT2D eigenvalue weighted by Gasteiger charge is -2.28. The Bertz CT molecular complexity index is 366. The fourth-order valence-electron chi connectivity index (χ4n) is 1.59. The maximum atomic E-state index is 5.89. The van der Waals surface area contributed by atoms with Gasteiger partial charge in [-0.15, -0.1) is 0 Å². The lowest BCUT2D eigenvalue weighted by Crippen LogP contribution is -2.38. The van der Waals surface area contributed by atoms with Gasteiger partial charge in [0.05, 0.1) is 13.2 Å². The van der Waals surface area contributed by atoms with Crippen LogP contribution in [0.1, 0.15) is 18.5 Å².